The van der Waals surface area contributed by atoms with Crippen LogP contribution in [0.2, 0.25) is 5.02 Å². The zero-order chi connectivity index (χ0) is 17.1. The van der Waals surface area contributed by atoms with Gasteiger partial charge in [0.1, 0.15) is 6.54 Å². The number of urea groups is 1. The molecular formula is C15H14ClN3O4. The molecule has 1 aliphatic rings. The lowest BCUT2D eigenvalue weighted by Gasteiger charge is -2.14. The Morgan fingerprint density at radius 2 is 1.91 bits per heavy atom. The van der Waals surface area contributed by atoms with Crippen LogP contribution in [0.15, 0.2) is 30.9 Å². The Morgan fingerprint density at radius 3 is 2.52 bits per heavy atom. The average molecular weight is 336 g/mol. The molecule has 0 spiro atoms. The van der Waals surface area contributed by atoms with E-state index in [4.69, 9.17) is 11.6 Å². The van der Waals surface area contributed by atoms with Crippen molar-refractivity contribution in [2.45, 2.75) is 6.92 Å². The molecule has 0 atom stereocenters. The van der Waals surface area contributed by atoms with Crippen LogP contribution in [-0.4, -0.2) is 46.6 Å². The second-order valence-electron chi connectivity index (χ2n) is 4.89. The molecule has 1 aliphatic heterocycles. The molecule has 0 bridgehead atoms. The van der Waals surface area contributed by atoms with Crippen molar-refractivity contribution in [3.05, 3.63) is 41.4 Å². The molecule has 5 amide bonds. The van der Waals surface area contributed by atoms with Crippen molar-refractivity contribution in [2.24, 2.45) is 0 Å². The highest BCUT2D eigenvalue weighted by Gasteiger charge is 2.44. The summed E-state index contributed by atoms with van der Waals surface area (Å²) in [6.07, 6.45) is 1.32. The van der Waals surface area contributed by atoms with E-state index in [1.165, 1.54) is 6.08 Å². The molecule has 1 heterocycles. The van der Waals surface area contributed by atoms with Gasteiger partial charge in [0, 0.05) is 17.3 Å². The van der Waals surface area contributed by atoms with Gasteiger partial charge in [-0.1, -0.05) is 23.7 Å². The predicted octanol–water partition coefficient (Wildman–Crippen LogP) is 1.56. The van der Waals surface area contributed by atoms with Crippen molar-refractivity contribution in [3.63, 3.8) is 0 Å². The molecule has 1 N–H and O–H groups in total. The van der Waals surface area contributed by atoms with Gasteiger partial charge in [-0.05, 0) is 24.6 Å². The SMILES string of the molecule is C=CCN1C(=O)C(=O)N(CC(=O)Nc2ccc(C)c(Cl)c2)C1=O. The summed E-state index contributed by atoms with van der Waals surface area (Å²) in [5.41, 5.74) is 1.28. The first-order valence-electron chi connectivity index (χ1n) is 6.69. The standard InChI is InChI=1S/C15H14ClN3O4/c1-3-6-18-13(21)14(22)19(15(18)23)8-12(20)17-10-5-4-9(2)11(16)7-10/h3-5,7H,1,6,8H2,2H3,(H,17,20). The van der Waals surface area contributed by atoms with Gasteiger partial charge >= 0.3 is 17.8 Å². The number of aryl methyl sites for hydroxylation is 1. The van der Waals surface area contributed by atoms with Crippen molar-refractivity contribution in [1.82, 2.24) is 9.80 Å². The molecule has 1 saturated heterocycles. The number of amides is 5. The Bertz CT molecular complexity index is 717. The number of hydrogen-bond donors (Lipinski definition) is 1. The highest BCUT2D eigenvalue weighted by Crippen LogP contribution is 2.20. The van der Waals surface area contributed by atoms with Crippen molar-refractivity contribution in [2.75, 3.05) is 18.4 Å². The first-order chi connectivity index (χ1) is 10.8. The van der Waals surface area contributed by atoms with Crippen molar-refractivity contribution in [1.29, 1.82) is 0 Å². The molecule has 7 nitrogen and oxygen atoms in total. The van der Waals surface area contributed by atoms with Gasteiger partial charge in [-0.15, -0.1) is 6.58 Å². The number of nitrogens with zero attached hydrogens (tertiary/aromatic N) is 2. The minimum absolute atomic E-state index is 0.0882. The third-order valence-corrected chi connectivity index (χ3v) is 3.61. The summed E-state index contributed by atoms with van der Waals surface area (Å²) in [6, 6.07) is 4.08. The van der Waals surface area contributed by atoms with Crippen molar-refractivity contribution >= 4 is 41.0 Å². The van der Waals surface area contributed by atoms with Gasteiger partial charge in [0.2, 0.25) is 5.91 Å². The van der Waals surface area contributed by atoms with Crippen LogP contribution in [0.3, 0.4) is 0 Å². The first-order valence-corrected chi connectivity index (χ1v) is 7.07. The maximum Gasteiger partial charge on any atom is 0.335 e. The molecular weight excluding hydrogens is 322 g/mol. The summed E-state index contributed by atoms with van der Waals surface area (Å²) in [7, 11) is 0. The third kappa shape index (κ3) is 3.40. The second-order valence-corrected chi connectivity index (χ2v) is 5.30. The highest BCUT2D eigenvalue weighted by atomic mass is 35.5. The largest absolute Gasteiger partial charge is 0.335 e. The summed E-state index contributed by atoms with van der Waals surface area (Å²) >= 11 is 5.96. The molecule has 0 aliphatic carbocycles. The zero-order valence-corrected chi connectivity index (χ0v) is 13.1. The van der Waals surface area contributed by atoms with E-state index in [0.717, 1.165) is 10.5 Å². The van der Waals surface area contributed by atoms with Gasteiger partial charge < -0.3 is 5.32 Å². The molecule has 0 radical (unpaired) electrons. The third-order valence-electron chi connectivity index (χ3n) is 3.20. The average Bonchev–Trinajstić information content (AvgIpc) is 2.69. The molecule has 0 saturated carbocycles. The van der Waals surface area contributed by atoms with Gasteiger partial charge in [-0.25, -0.2) is 9.69 Å². The molecule has 23 heavy (non-hydrogen) atoms. The Morgan fingerprint density at radius 1 is 1.26 bits per heavy atom. The highest BCUT2D eigenvalue weighted by molar-refractivity contribution is 6.45. The Hall–Kier alpha value is -2.67. The number of benzene rings is 1. The number of halogens is 1. The summed E-state index contributed by atoms with van der Waals surface area (Å²) < 4.78 is 0. The monoisotopic (exact) mass is 335 g/mol. The molecule has 1 aromatic rings. The number of carbonyl (C=O) groups is 4. The van der Waals surface area contributed by atoms with E-state index in [1.807, 2.05) is 6.92 Å². The van der Waals surface area contributed by atoms with Gasteiger partial charge in [-0.3, -0.25) is 19.3 Å². The summed E-state index contributed by atoms with van der Waals surface area (Å²) in [5.74, 6) is -2.62. The second kappa shape index (κ2) is 6.62. The number of carbonyl (C=O) groups excluding carboxylic acids is 4. The number of rotatable bonds is 5. The van der Waals surface area contributed by atoms with Crippen molar-refractivity contribution in [3.8, 4) is 0 Å². The number of anilines is 1. The van der Waals surface area contributed by atoms with Crippen LogP contribution in [-0.2, 0) is 14.4 Å². The first kappa shape index (κ1) is 16.7. The maximum absolute atomic E-state index is 12.0. The summed E-state index contributed by atoms with van der Waals surface area (Å²) in [5, 5.41) is 3.00. The fourth-order valence-corrected chi connectivity index (χ4v) is 2.18. The van der Waals surface area contributed by atoms with Crippen LogP contribution in [0.5, 0.6) is 0 Å². The molecule has 120 valence electrons. The molecule has 0 aromatic heterocycles. The lowest BCUT2D eigenvalue weighted by atomic mass is 10.2. The normalized spacial score (nSPS) is 14.4. The number of nitrogens with one attached hydrogen (secondary N) is 1. The Balaban J connectivity index is 2.06. The van der Waals surface area contributed by atoms with Crippen LogP contribution >= 0.6 is 11.6 Å². The lowest BCUT2D eigenvalue weighted by molar-refractivity contribution is -0.143. The topological polar surface area (TPSA) is 86.8 Å². The molecule has 1 fully saturated rings. The van der Waals surface area contributed by atoms with Crippen LogP contribution in [0.25, 0.3) is 0 Å². The fraction of sp³-hybridized carbons (Fsp3) is 0.200. The van der Waals surface area contributed by atoms with Crippen LogP contribution < -0.4 is 5.32 Å². The van der Waals surface area contributed by atoms with E-state index in [9.17, 15) is 19.2 Å². The number of hydrogen-bond acceptors (Lipinski definition) is 4. The Labute approximate surface area is 137 Å². The van der Waals surface area contributed by atoms with Crippen LogP contribution in [0.1, 0.15) is 5.56 Å². The lowest BCUT2D eigenvalue weighted by Crippen LogP contribution is -2.39. The van der Waals surface area contributed by atoms with Crippen LogP contribution in [0, 0.1) is 6.92 Å². The van der Waals surface area contributed by atoms with Gasteiger partial charge in [-0.2, -0.15) is 0 Å². The molecule has 8 heteroatoms. The van der Waals surface area contributed by atoms with E-state index < -0.39 is 30.3 Å². The zero-order valence-electron chi connectivity index (χ0n) is 12.3. The van der Waals surface area contributed by atoms with E-state index in [1.54, 1.807) is 18.2 Å². The smallest absolute Gasteiger partial charge is 0.324 e. The Kier molecular flexibility index (Phi) is 4.80. The van der Waals surface area contributed by atoms with E-state index in [0.29, 0.717) is 15.6 Å². The van der Waals surface area contributed by atoms with E-state index >= 15 is 0 Å². The van der Waals surface area contributed by atoms with Crippen LogP contribution in [0.4, 0.5) is 10.5 Å². The predicted molar refractivity (Wildman–Crippen MR) is 83.8 cm³/mol. The molecule has 0 unspecified atom stereocenters. The molecule has 2 rings (SSSR count). The van der Waals surface area contributed by atoms with E-state index in [-0.39, 0.29) is 6.54 Å². The van der Waals surface area contributed by atoms with Gasteiger partial charge in [0.25, 0.3) is 0 Å². The van der Waals surface area contributed by atoms with E-state index in [2.05, 4.69) is 11.9 Å². The van der Waals surface area contributed by atoms with Crippen molar-refractivity contribution < 1.29 is 19.2 Å². The molecule has 1 aromatic carbocycles. The fourth-order valence-electron chi connectivity index (χ4n) is 1.99. The minimum Gasteiger partial charge on any atom is -0.324 e. The van der Waals surface area contributed by atoms with Gasteiger partial charge in [0.15, 0.2) is 0 Å². The van der Waals surface area contributed by atoms with Gasteiger partial charge in [0.05, 0.1) is 0 Å². The maximum atomic E-state index is 12.0. The summed E-state index contributed by atoms with van der Waals surface area (Å²) in [6.45, 7) is 4.58. The number of imide groups is 2. The summed E-state index contributed by atoms with van der Waals surface area (Å²) in [4.78, 5) is 48.7. The quantitative estimate of drug-likeness (QED) is 0.502. The minimum atomic E-state index is -1.03.